The van der Waals surface area contributed by atoms with E-state index in [9.17, 15) is 18.0 Å². The quantitative estimate of drug-likeness (QED) is 0.850. The predicted molar refractivity (Wildman–Crippen MR) is 63.5 cm³/mol. The van der Waals surface area contributed by atoms with E-state index >= 15 is 0 Å². The van der Waals surface area contributed by atoms with Gasteiger partial charge in [0.25, 0.3) is 0 Å². The Kier molecular flexibility index (Phi) is 3.25. The van der Waals surface area contributed by atoms with Crippen molar-refractivity contribution in [2.24, 2.45) is 0 Å². The third-order valence-corrected chi connectivity index (χ3v) is 2.57. The van der Waals surface area contributed by atoms with E-state index in [1.807, 2.05) is 0 Å². The fourth-order valence-corrected chi connectivity index (χ4v) is 1.56. The number of alkyl halides is 3. The number of hydrogen-bond donors (Lipinski definition) is 1. The maximum Gasteiger partial charge on any atom is 0.416 e. The van der Waals surface area contributed by atoms with Crippen LogP contribution in [-0.2, 0) is 6.18 Å². The molecule has 0 spiro atoms. The van der Waals surface area contributed by atoms with Gasteiger partial charge in [0.1, 0.15) is 0 Å². The van der Waals surface area contributed by atoms with Gasteiger partial charge in [-0.25, -0.2) is 0 Å². The van der Waals surface area contributed by atoms with E-state index in [1.54, 1.807) is 0 Å². The van der Waals surface area contributed by atoms with Crippen LogP contribution in [0.15, 0.2) is 42.7 Å². The van der Waals surface area contributed by atoms with E-state index < -0.39 is 17.5 Å². The van der Waals surface area contributed by atoms with Crippen molar-refractivity contribution in [1.82, 2.24) is 4.98 Å². The van der Waals surface area contributed by atoms with Crippen LogP contribution < -0.4 is 5.73 Å². The molecule has 98 valence electrons. The topological polar surface area (TPSA) is 56.0 Å². The second-order valence-corrected chi connectivity index (χ2v) is 3.87. The number of aromatic nitrogens is 1. The average molecular weight is 266 g/mol. The highest BCUT2D eigenvalue weighted by molar-refractivity contribution is 6.11. The number of pyridine rings is 1. The minimum atomic E-state index is -4.42. The minimum Gasteiger partial charge on any atom is -0.398 e. The molecule has 0 aliphatic carbocycles. The lowest BCUT2D eigenvalue weighted by Crippen LogP contribution is -2.08. The number of carbonyl (C=O) groups excluding carboxylic acids is 1. The molecule has 0 aliphatic rings. The number of carbonyl (C=O) groups is 1. The van der Waals surface area contributed by atoms with Crippen molar-refractivity contribution < 1.29 is 18.0 Å². The Balaban J connectivity index is 2.34. The molecular formula is C13H9F3N2O. The summed E-state index contributed by atoms with van der Waals surface area (Å²) in [5, 5.41) is 0. The van der Waals surface area contributed by atoms with Gasteiger partial charge in [0.2, 0.25) is 0 Å². The summed E-state index contributed by atoms with van der Waals surface area (Å²) in [5.41, 5.74) is 5.35. The van der Waals surface area contributed by atoms with Crippen molar-refractivity contribution in [2.75, 3.05) is 5.73 Å². The number of nitrogens with two attached hydrogens (primary N) is 1. The number of nitrogen functional groups attached to an aromatic ring is 1. The van der Waals surface area contributed by atoms with Crippen LogP contribution in [0, 0.1) is 0 Å². The Morgan fingerprint density at radius 1 is 1.11 bits per heavy atom. The third kappa shape index (κ3) is 2.73. The number of anilines is 1. The van der Waals surface area contributed by atoms with Gasteiger partial charge in [-0.3, -0.25) is 9.78 Å². The Bertz CT molecular complexity index is 606. The standard InChI is InChI=1S/C13H9F3N2O/c14-13(15,16)9-3-1-8(2-4-9)12(19)10-7-18-6-5-11(10)17/h1-7H,(H2,17,18). The highest BCUT2D eigenvalue weighted by atomic mass is 19.4. The van der Waals surface area contributed by atoms with Gasteiger partial charge in [-0.15, -0.1) is 0 Å². The van der Waals surface area contributed by atoms with Crippen LogP contribution >= 0.6 is 0 Å². The van der Waals surface area contributed by atoms with Gasteiger partial charge in [0, 0.05) is 23.6 Å². The van der Waals surface area contributed by atoms with E-state index in [-0.39, 0.29) is 16.8 Å². The average Bonchev–Trinajstić information content (AvgIpc) is 2.38. The lowest BCUT2D eigenvalue weighted by molar-refractivity contribution is -0.137. The van der Waals surface area contributed by atoms with Gasteiger partial charge < -0.3 is 5.73 Å². The van der Waals surface area contributed by atoms with Gasteiger partial charge in [0.05, 0.1) is 11.1 Å². The van der Waals surface area contributed by atoms with Crippen molar-refractivity contribution in [2.45, 2.75) is 6.18 Å². The zero-order valence-corrected chi connectivity index (χ0v) is 9.61. The molecule has 19 heavy (non-hydrogen) atoms. The molecule has 0 amide bonds. The molecule has 2 rings (SSSR count). The molecule has 0 atom stereocenters. The lowest BCUT2D eigenvalue weighted by Gasteiger charge is -2.08. The molecule has 0 fully saturated rings. The van der Waals surface area contributed by atoms with Crippen molar-refractivity contribution in [3.8, 4) is 0 Å². The van der Waals surface area contributed by atoms with Crippen LogP contribution in [0.3, 0.4) is 0 Å². The van der Waals surface area contributed by atoms with Crippen molar-refractivity contribution in [3.63, 3.8) is 0 Å². The Morgan fingerprint density at radius 3 is 2.26 bits per heavy atom. The molecule has 1 aromatic carbocycles. The first-order valence-electron chi connectivity index (χ1n) is 5.31. The molecule has 0 saturated carbocycles. The molecule has 2 N–H and O–H groups in total. The first kappa shape index (κ1) is 13.1. The summed E-state index contributed by atoms with van der Waals surface area (Å²) in [7, 11) is 0. The van der Waals surface area contributed by atoms with Crippen LogP contribution in [0.5, 0.6) is 0 Å². The highest BCUT2D eigenvalue weighted by Crippen LogP contribution is 2.29. The zero-order valence-electron chi connectivity index (χ0n) is 9.61. The van der Waals surface area contributed by atoms with Gasteiger partial charge in [0.15, 0.2) is 5.78 Å². The Morgan fingerprint density at radius 2 is 1.74 bits per heavy atom. The van der Waals surface area contributed by atoms with E-state index in [0.717, 1.165) is 24.3 Å². The summed E-state index contributed by atoms with van der Waals surface area (Å²) in [6.07, 6.45) is -1.71. The summed E-state index contributed by atoms with van der Waals surface area (Å²) in [6.45, 7) is 0. The van der Waals surface area contributed by atoms with Crippen LogP contribution in [0.25, 0.3) is 0 Å². The van der Waals surface area contributed by atoms with E-state index in [4.69, 9.17) is 5.73 Å². The van der Waals surface area contributed by atoms with E-state index in [2.05, 4.69) is 4.98 Å². The van der Waals surface area contributed by atoms with Crippen molar-refractivity contribution in [1.29, 1.82) is 0 Å². The van der Waals surface area contributed by atoms with Crippen molar-refractivity contribution >= 4 is 11.5 Å². The van der Waals surface area contributed by atoms with E-state index in [1.165, 1.54) is 18.5 Å². The SMILES string of the molecule is Nc1ccncc1C(=O)c1ccc(C(F)(F)F)cc1. The molecule has 1 aromatic heterocycles. The fourth-order valence-electron chi connectivity index (χ4n) is 1.56. The fraction of sp³-hybridized carbons (Fsp3) is 0.0769. The smallest absolute Gasteiger partial charge is 0.398 e. The third-order valence-electron chi connectivity index (χ3n) is 2.57. The molecule has 0 unspecified atom stereocenters. The molecule has 0 aliphatic heterocycles. The molecule has 2 aromatic rings. The first-order chi connectivity index (χ1) is 8.89. The minimum absolute atomic E-state index is 0.132. The second-order valence-electron chi connectivity index (χ2n) is 3.87. The number of halogens is 3. The maximum atomic E-state index is 12.4. The number of hydrogen-bond acceptors (Lipinski definition) is 3. The molecular weight excluding hydrogens is 257 g/mol. The normalized spacial score (nSPS) is 11.3. The van der Waals surface area contributed by atoms with E-state index in [0.29, 0.717) is 0 Å². The summed E-state index contributed by atoms with van der Waals surface area (Å²) < 4.78 is 37.2. The largest absolute Gasteiger partial charge is 0.416 e. The van der Waals surface area contributed by atoms with Crippen LogP contribution in [-0.4, -0.2) is 10.8 Å². The molecule has 6 heteroatoms. The van der Waals surface area contributed by atoms with Crippen LogP contribution in [0.1, 0.15) is 21.5 Å². The number of benzene rings is 1. The summed E-state index contributed by atoms with van der Waals surface area (Å²) >= 11 is 0. The van der Waals surface area contributed by atoms with Crippen LogP contribution in [0.2, 0.25) is 0 Å². The lowest BCUT2D eigenvalue weighted by atomic mass is 10.0. The van der Waals surface area contributed by atoms with Gasteiger partial charge >= 0.3 is 6.18 Å². The zero-order chi connectivity index (χ0) is 14.0. The molecule has 1 heterocycles. The monoisotopic (exact) mass is 266 g/mol. The maximum absolute atomic E-state index is 12.4. The molecule has 0 radical (unpaired) electrons. The molecule has 0 saturated heterocycles. The van der Waals surface area contributed by atoms with Gasteiger partial charge in [-0.1, -0.05) is 12.1 Å². The highest BCUT2D eigenvalue weighted by Gasteiger charge is 2.30. The summed E-state index contributed by atoms with van der Waals surface area (Å²) in [5.74, 6) is -0.459. The van der Waals surface area contributed by atoms with Gasteiger partial charge in [-0.2, -0.15) is 13.2 Å². The first-order valence-corrected chi connectivity index (χ1v) is 5.31. The van der Waals surface area contributed by atoms with Gasteiger partial charge in [-0.05, 0) is 18.2 Å². The number of ketones is 1. The second kappa shape index (κ2) is 4.72. The molecule has 3 nitrogen and oxygen atoms in total. The summed E-state index contributed by atoms with van der Waals surface area (Å²) in [4.78, 5) is 15.8. The van der Waals surface area contributed by atoms with Crippen molar-refractivity contribution in [3.05, 3.63) is 59.4 Å². The number of rotatable bonds is 2. The summed E-state index contributed by atoms with van der Waals surface area (Å²) in [6, 6.07) is 5.42. The Labute approximate surface area is 106 Å². The number of nitrogens with zero attached hydrogens (tertiary/aromatic N) is 1. The predicted octanol–water partition coefficient (Wildman–Crippen LogP) is 2.91. The van der Waals surface area contributed by atoms with Crippen LogP contribution in [0.4, 0.5) is 18.9 Å². The Hall–Kier alpha value is -2.37. The molecule has 0 bridgehead atoms.